The highest BCUT2D eigenvalue weighted by Gasteiger charge is 2.16. The van der Waals surface area contributed by atoms with Crippen molar-refractivity contribution >= 4 is 11.9 Å². The molecule has 0 aromatic heterocycles. The summed E-state index contributed by atoms with van der Waals surface area (Å²) in [6, 6.07) is 0. The lowest BCUT2D eigenvalue weighted by atomic mass is 10.1. The third-order valence-electron chi connectivity index (χ3n) is 6.56. The van der Waals surface area contributed by atoms with E-state index in [0.29, 0.717) is 12.8 Å². The van der Waals surface area contributed by atoms with Crippen LogP contribution in [0.4, 0.5) is 0 Å². The summed E-state index contributed by atoms with van der Waals surface area (Å²) in [6.07, 6.45) is 28.3. The van der Waals surface area contributed by atoms with Crippen molar-refractivity contribution in [2.24, 2.45) is 0 Å². The summed E-state index contributed by atoms with van der Waals surface area (Å²) in [4.78, 5) is 24.0. The Labute approximate surface area is 222 Å². The van der Waals surface area contributed by atoms with E-state index in [1.807, 2.05) is 0 Å². The molecule has 212 valence electrons. The van der Waals surface area contributed by atoms with E-state index in [1.165, 1.54) is 83.5 Å². The van der Waals surface area contributed by atoms with E-state index in [1.54, 1.807) is 0 Å². The number of aliphatic hydroxyl groups is 1. The van der Waals surface area contributed by atoms with Gasteiger partial charge in [0.2, 0.25) is 0 Å². The SMILES string of the molecule is CCCC/C=C\CCCCCCCC(=O)OC(CO)COC(=O)CCCCCCCCCCCCC. The Morgan fingerprint density at radius 3 is 1.58 bits per heavy atom. The quantitative estimate of drug-likeness (QED) is 0.0680. The van der Waals surface area contributed by atoms with E-state index in [-0.39, 0.29) is 25.2 Å². The zero-order valence-corrected chi connectivity index (χ0v) is 23.8. The Bertz CT molecular complexity index is 517. The van der Waals surface area contributed by atoms with Crippen molar-refractivity contribution in [1.82, 2.24) is 0 Å². The average molecular weight is 511 g/mol. The highest BCUT2D eigenvalue weighted by molar-refractivity contribution is 5.70. The van der Waals surface area contributed by atoms with Gasteiger partial charge in [-0.05, 0) is 32.1 Å². The van der Waals surface area contributed by atoms with E-state index in [9.17, 15) is 14.7 Å². The van der Waals surface area contributed by atoms with E-state index in [0.717, 1.165) is 44.9 Å². The van der Waals surface area contributed by atoms with Gasteiger partial charge in [-0.25, -0.2) is 0 Å². The number of aliphatic hydroxyl groups excluding tert-OH is 1. The monoisotopic (exact) mass is 510 g/mol. The summed E-state index contributed by atoms with van der Waals surface area (Å²) in [6.45, 7) is 4.06. The molecule has 1 atom stereocenters. The van der Waals surface area contributed by atoms with Crippen LogP contribution in [-0.2, 0) is 19.1 Å². The molecule has 0 saturated carbocycles. The van der Waals surface area contributed by atoms with Crippen molar-refractivity contribution in [2.75, 3.05) is 13.2 Å². The van der Waals surface area contributed by atoms with Gasteiger partial charge in [0.05, 0.1) is 6.61 Å². The number of rotatable bonds is 27. The molecule has 0 radical (unpaired) electrons. The Balaban J connectivity index is 3.60. The number of carbonyl (C=O) groups is 2. The first-order valence-electron chi connectivity index (χ1n) is 15.2. The van der Waals surface area contributed by atoms with Crippen molar-refractivity contribution in [2.45, 2.75) is 161 Å². The van der Waals surface area contributed by atoms with Crippen LogP contribution >= 0.6 is 0 Å². The number of esters is 2. The van der Waals surface area contributed by atoms with Gasteiger partial charge in [-0.1, -0.05) is 122 Å². The molecular formula is C31H58O5. The summed E-state index contributed by atoms with van der Waals surface area (Å²) in [5.74, 6) is -0.602. The molecule has 0 fully saturated rings. The highest BCUT2D eigenvalue weighted by Crippen LogP contribution is 2.13. The van der Waals surface area contributed by atoms with Gasteiger partial charge in [0.1, 0.15) is 6.61 Å². The number of ether oxygens (including phenoxy) is 2. The predicted molar refractivity (Wildman–Crippen MR) is 150 cm³/mol. The smallest absolute Gasteiger partial charge is 0.306 e. The van der Waals surface area contributed by atoms with Crippen molar-refractivity contribution < 1.29 is 24.2 Å². The maximum atomic E-state index is 12.0. The van der Waals surface area contributed by atoms with Gasteiger partial charge in [-0.2, -0.15) is 0 Å². The van der Waals surface area contributed by atoms with Crippen LogP contribution < -0.4 is 0 Å². The molecule has 0 aliphatic heterocycles. The van der Waals surface area contributed by atoms with Gasteiger partial charge in [0.15, 0.2) is 6.10 Å². The molecule has 5 heteroatoms. The van der Waals surface area contributed by atoms with Crippen molar-refractivity contribution in [3.8, 4) is 0 Å². The summed E-state index contributed by atoms with van der Waals surface area (Å²) in [7, 11) is 0. The van der Waals surface area contributed by atoms with E-state index in [2.05, 4.69) is 26.0 Å². The van der Waals surface area contributed by atoms with Gasteiger partial charge in [0, 0.05) is 12.8 Å². The maximum Gasteiger partial charge on any atom is 0.306 e. The first-order chi connectivity index (χ1) is 17.6. The summed E-state index contributed by atoms with van der Waals surface area (Å²) in [5, 5.41) is 9.45. The minimum absolute atomic E-state index is 0.0646. The number of hydrogen-bond acceptors (Lipinski definition) is 5. The Hall–Kier alpha value is -1.36. The van der Waals surface area contributed by atoms with E-state index in [4.69, 9.17) is 9.47 Å². The van der Waals surface area contributed by atoms with E-state index < -0.39 is 6.10 Å². The Morgan fingerprint density at radius 1 is 0.611 bits per heavy atom. The standard InChI is InChI=1S/C31H58O5/c1-3-5-7-9-11-13-15-17-19-21-23-25-30(33)35-28-29(27-32)36-31(34)26-24-22-20-18-16-14-12-10-8-6-4-2/h10,12,29,32H,3-9,11,13-28H2,1-2H3/b12-10-. The molecular weight excluding hydrogens is 452 g/mol. The third-order valence-corrected chi connectivity index (χ3v) is 6.56. The van der Waals surface area contributed by atoms with E-state index >= 15 is 0 Å². The lowest BCUT2D eigenvalue weighted by Crippen LogP contribution is -2.28. The molecule has 0 spiro atoms. The van der Waals surface area contributed by atoms with Gasteiger partial charge < -0.3 is 14.6 Å². The Morgan fingerprint density at radius 2 is 1.06 bits per heavy atom. The largest absolute Gasteiger partial charge is 0.462 e. The first kappa shape index (κ1) is 34.6. The molecule has 0 rings (SSSR count). The van der Waals surface area contributed by atoms with Crippen LogP contribution in [0.2, 0.25) is 0 Å². The second-order valence-electron chi connectivity index (χ2n) is 10.2. The number of carbonyl (C=O) groups excluding carboxylic acids is 2. The summed E-state index contributed by atoms with van der Waals surface area (Å²) >= 11 is 0. The fraction of sp³-hybridized carbons (Fsp3) is 0.871. The zero-order chi connectivity index (χ0) is 26.5. The molecule has 1 N–H and O–H groups in total. The minimum atomic E-state index is -0.765. The molecule has 1 unspecified atom stereocenters. The van der Waals surface area contributed by atoms with Crippen LogP contribution in [0.5, 0.6) is 0 Å². The molecule has 0 bridgehead atoms. The van der Waals surface area contributed by atoms with Crippen LogP contribution in [0.3, 0.4) is 0 Å². The van der Waals surface area contributed by atoms with Gasteiger partial charge in [0.25, 0.3) is 0 Å². The molecule has 0 aromatic carbocycles. The van der Waals surface area contributed by atoms with Gasteiger partial charge >= 0.3 is 11.9 Å². The molecule has 0 aliphatic rings. The molecule has 36 heavy (non-hydrogen) atoms. The van der Waals surface area contributed by atoms with Crippen molar-refractivity contribution in [3.05, 3.63) is 12.2 Å². The fourth-order valence-corrected chi connectivity index (χ4v) is 4.18. The molecule has 5 nitrogen and oxygen atoms in total. The minimum Gasteiger partial charge on any atom is -0.462 e. The van der Waals surface area contributed by atoms with Crippen LogP contribution in [0.25, 0.3) is 0 Å². The maximum absolute atomic E-state index is 12.0. The lowest BCUT2D eigenvalue weighted by molar-refractivity contribution is -0.161. The number of hydrogen-bond donors (Lipinski definition) is 1. The molecule has 0 heterocycles. The lowest BCUT2D eigenvalue weighted by Gasteiger charge is -2.15. The third kappa shape index (κ3) is 25.7. The molecule has 0 amide bonds. The highest BCUT2D eigenvalue weighted by atomic mass is 16.6. The second kappa shape index (κ2) is 28.2. The second-order valence-corrected chi connectivity index (χ2v) is 10.2. The molecule has 0 saturated heterocycles. The summed E-state index contributed by atoms with van der Waals surface area (Å²) in [5.41, 5.74) is 0. The summed E-state index contributed by atoms with van der Waals surface area (Å²) < 4.78 is 10.5. The average Bonchev–Trinajstić information content (AvgIpc) is 2.88. The van der Waals surface area contributed by atoms with Crippen molar-refractivity contribution in [3.63, 3.8) is 0 Å². The van der Waals surface area contributed by atoms with Crippen molar-refractivity contribution in [1.29, 1.82) is 0 Å². The van der Waals surface area contributed by atoms with Crippen LogP contribution in [0.1, 0.15) is 155 Å². The Kier molecular flexibility index (Phi) is 27.1. The van der Waals surface area contributed by atoms with Crippen LogP contribution in [0.15, 0.2) is 12.2 Å². The number of allylic oxidation sites excluding steroid dienone is 2. The first-order valence-corrected chi connectivity index (χ1v) is 15.2. The zero-order valence-electron chi connectivity index (χ0n) is 23.8. The van der Waals surface area contributed by atoms with Gasteiger partial charge in [-0.15, -0.1) is 0 Å². The van der Waals surface area contributed by atoms with Crippen LogP contribution in [-0.4, -0.2) is 36.4 Å². The van der Waals surface area contributed by atoms with Gasteiger partial charge in [-0.3, -0.25) is 9.59 Å². The topological polar surface area (TPSA) is 72.8 Å². The normalized spacial score (nSPS) is 12.2. The fourth-order valence-electron chi connectivity index (χ4n) is 4.18. The predicted octanol–water partition coefficient (Wildman–Crippen LogP) is 8.61. The van der Waals surface area contributed by atoms with Crippen LogP contribution in [0, 0.1) is 0 Å². The molecule has 0 aromatic rings. The number of unbranched alkanes of at least 4 members (excludes halogenated alkanes) is 17. The molecule has 0 aliphatic carbocycles.